The lowest BCUT2D eigenvalue weighted by atomic mass is 10.0. The molecule has 0 aliphatic heterocycles. The number of nitrogens with two attached hydrogens (primary N) is 2. The van der Waals surface area contributed by atoms with Crippen molar-refractivity contribution in [1.29, 1.82) is 0 Å². The van der Waals surface area contributed by atoms with Crippen molar-refractivity contribution in [1.82, 2.24) is 14.5 Å². The van der Waals surface area contributed by atoms with E-state index in [-0.39, 0.29) is 12.3 Å². The number of carbonyl (C=O) groups excluding carboxylic acids is 2. The van der Waals surface area contributed by atoms with Crippen molar-refractivity contribution in [2.75, 3.05) is 6.54 Å². The lowest BCUT2D eigenvalue weighted by Gasteiger charge is -2.33. The fourth-order valence-corrected chi connectivity index (χ4v) is 4.69. The molecule has 3 aromatic carbocycles. The van der Waals surface area contributed by atoms with Crippen LogP contribution in [0.15, 0.2) is 109 Å². The van der Waals surface area contributed by atoms with E-state index in [9.17, 15) is 9.59 Å². The highest BCUT2D eigenvalue weighted by Crippen LogP contribution is 2.32. The van der Waals surface area contributed by atoms with Crippen LogP contribution in [0.3, 0.4) is 0 Å². The van der Waals surface area contributed by atoms with E-state index in [1.54, 1.807) is 17.0 Å². The highest BCUT2D eigenvalue weighted by atomic mass is 16.2. The van der Waals surface area contributed by atoms with Crippen LogP contribution in [0.4, 0.5) is 0 Å². The number of aromatic nitrogens is 2. The van der Waals surface area contributed by atoms with Crippen LogP contribution in [0, 0.1) is 0 Å². The largest absolute Gasteiger partial charge is 0.370 e. The van der Waals surface area contributed by atoms with Crippen molar-refractivity contribution in [2.24, 2.45) is 11.5 Å². The van der Waals surface area contributed by atoms with Gasteiger partial charge in [-0.2, -0.15) is 0 Å². The Balaban J connectivity index is 1.80. The van der Waals surface area contributed by atoms with E-state index in [4.69, 9.17) is 16.5 Å². The zero-order chi connectivity index (χ0) is 27.8. The molecule has 2 amide bonds. The van der Waals surface area contributed by atoms with Crippen molar-refractivity contribution < 1.29 is 9.59 Å². The topological polar surface area (TPSA) is 107 Å². The van der Waals surface area contributed by atoms with E-state index in [0.717, 1.165) is 22.4 Å². The highest BCUT2D eigenvalue weighted by Gasteiger charge is 2.31. The summed E-state index contributed by atoms with van der Waals surface area (Å²) in [5.41, 5.74) is 15.8. The van der Waals surface area contributed by atoms with Gasteiger partial charge >= 0.3 is 0 Å². The Labute approximate surface area is 229 Å². The van der Waals surface area contributed by atoms with Crippen molar-refractivity contribution >= 4 is 11.8 Å². The first-order valence-corrected chi connectivity index (χ1v) is 13.0. The Morgan fingerprint density at radius 2 is 1.54 bits per heavy atom. The van der Waals surface area contributed by atoms with Gasteiger partial charge in [-0.25, -0.2) is 4.98 Å². The zero-order valence-corrected chi connectivity index (χ0v) is 22.2. The molecule has 4 aromatic rings. The number of hydrogen-bond donors (Lipinski definition) is 2. The predicted octanol–water partition coefficient (Wildman–Crippen LogP) is 4.95. The lowest BCUT2D eigenvalue weighted by Crippen LogP contribution is -2.40. The average molecular weight is 522 g/mol. The third-order valence-corrected chi connectivity index (χ3v) is 6.58. The molecular formula is C32H35N5O2. The normalized spacial score (nSPS) is 12.5. The third-order valence-electron chi connectivity index (χ3n) is 6.58. The van der Waals surface area contributed by atoms with E-state index in [1.807, 2.05) is 79.9 Å². The maximum Gasteiger partial charge on any atom is 0.254 e. The minimum absolute atomic E-state index is 0.0475. The van der Waals surface area contributed by atoms with Gasteiger partial charge in [-0.15, -0.1) is 0 Å². The van der Waals surface area contributed by atoms with Gasteiger partial charge in [0.25, 0.3) is 5.91 Å². The summed E-state index contributed by atoms with van der Waals surface area (Å²) in [5.74, 6) is 0.0779. The van der Waals surface area contributed by atoms with Crippen LogP contribution in [-0.2, 0) is 11.3 Å². The molecule has 4 rings (SSSR count). The molecule has 0 bridgehead atoms. The van der Waals surface area contributed by atoms with E-state index >= 15 is 0 Å². The fourth-order valence-electron chi connectivity index (χ4n) is 4.69. The maximum atomic E-state index is 14.0. The van der Waals surface area contributed by atoms with Crippen molar-refractivity contribution in [3.05, 3.63) is 126 Å². The summed E-state index contributed by atoms with van der Waals surface area (Å²) >= 11 is 0. The molecule has 7 heteroatoms. The van der Waals surface area contributed by atoms with Crippen LogP contribution in [0.5, 0.6) is 0 Å². The van der Waals surface area contributed by atoms with Gasteiger partial charge in [0.2, 0.25) is 5.91 Å². The molecule has 0 fully saturated rings. The first kappa shape index (κ1) is 27.5. The molecule has 0 aliphatic carbocycles. The van der Waals surface area contributed by atoms with Crippen LogP contribution in [0.25, 0.3) is 11.3 Å². The molecule has 0 saturated carbocycles. The summed E-state index contributed by atoms with van der Waals surface area (Å²) in [6.45, 7) is 7.07. The maximum absolute atomic E-state index is 14.0. The number of amides is 2. The standard InChI is InChI=1S/C32H35N5O2/c1-23(2)30(37(19-18-27(33)20-29(34)38)32(39)26-16-10-5-11-17-26)31-35-28(25-14-8-4-9-15-25)22-36(31)21-24-12-6-3-7-13-24/h3-17,22,27,30H,1,18-21,33H2,2H3,(H2,34,38)/t27-,30-/m1/s1. The van der Waals surface area contributed by atoms with Crippen molar-refractivity contribution in [3.63, 3.8) is 0 Å². The summed E-state index contributed by atoms with van der Waals surface area (Å²) < 4.78 is 2.09. The first-order valence-electron chi connectivity index (χ1n) is 13.0. The number of imidazole rings is 1. The minimum atomic E-state index is -0.528. The molecule has 2 atom stereocenters. The molecule has 4 N–H and O–H groups in total. The average Bonchev–Trinajstić information content (AvgIpc) is 3.34. The van der Waals surface area contributed by atoms with Gasteiger partial charge in [-0.1, -0.05) is 91.0 Å². The first-order chi connectivity index (χ1) is 18.8. The number of carbonyl (C=O) groups is 2. The number of rotatable bonds is 12. The van der Waals surface area contributed by atoms with Gasteiger partial charge in [-0.3, -0.25) is 9.59 Å². The number of nitrogens with zero attached hydrogens (tertiary/aromatic N) is 3. The second-order valence-corrected chi connectivity index (χ2v) is 9.80. The molecule has 0 aliphatic rings. The molecule has 0 unspecified atom stereocenters. The lowest BCUT2D eigenvalue weighted by molar-refractivity contribution is -0.118. The van der Waals surface area contributed by atoms with Gasteiger partial charge < -0.3 is 20.9 Å². The molecule has 39 heavy (non-hydrogen) atoms. The van der Waals surface area contributed by atoms with Gasteiger partial charge in [-0.05, 0) is 31.0 Å². The van der Waals surface area contributed by atoms with Gasteiger partial charge in [0.1, 0.15) is 11.9 Å². The Bertz CT molecular complexity index is 1400. The second kappa shape index (κ2) is 12.8. The number of benzene rings is 3. The quantitative estimate of drug-likeness (QED) is 0.257. The van der Waals surface area contributed by atoms with Crippen LogP contribution in [-0.4, -0.2) is 38.9 Å². The van der Waals surface area contributed by atoms with E-state index < -0.39 is 18.0 Å². The SMILES string of the molecule is C=C(C)[C@H](c1nc(-c2ccccc2)cn1Cc1ccccc1)N(CC[C@@H](N)CC(N)=O)C(=O)c1ccccc1. The van der Waals surface area contributed by atoms with Crippen LogP contribution in [0.1, 0.15) is 47.6 Å². The molecule has 0 radical (unpaired) electrons. The van der Waals surface area contributed by atoms with E-state index in [2.05, 4.69) is 23.3 Å². The Hall–Kier alpha value is -4.49. The molecule has 1 heterocycles. The van der Waals surface area contributed by atoms with Crippen molar-refractivity contribution in [3.8, 4) is 11.3 Å². The van der Waals surface area contributed by atoms with Gasteiger partial charge in [0.05, 0.1) is 5.69 Å². The highest BCUT2D eigenvalue weighted by molar-refractivity contribution is 5.94. The van der Waals surface area contributed by atoms with Crippen LogP contribution in [0.2, 0.25) is 0 Å². The summed E-state index contributed by atoms with van der Waals surface area (Å²) in [5, 5.41) is 0. The molecule has 7 nitrogen and oxygen atoms in total. The molecule has 0 spiro atoms. The minimum Gasteiger partial charge on any atom is -0.370 e. The monoisotopic (exact) mass is 521 g/mol. The van der Waals surface area contributed by atoms with Gasteiger partial charge in [0.15, 0.2) is 0 Å². The third kappa shape index (κ3) is 7.09. The van der Waals surface area contributed by atoms with E-state index in [1.165, 1.54) is 0 Å². The van der Waals surface area contributed by atoms with Crippen LogP contribution < -0.4 is 11.5 Å². The summed E-state index contributed by atoms with van der Waals surface area (Å²) in [4.78, 5) is 32.3. The Morgan fingerprint density at radius 3 is 2.13 bits per heavy atom. The van der Waals surface area contributed by atoms with Crippen LogP contribution >= 0.6 is 0 Å². The predicted molar refractivity (Wildman–Crippen MR) is 155 cm³/mol. The summed E-state index contributed by atoms with van der Waals surface area (Å²) in [6.07, 6.45) is 2.47. The molecule has 200 valence electrons. The Kier molecular flexibility index (Phi) is 9.07. The summed E-state index contributed by atoms with van der Waals surface area (Å²) in [6, 6.07) is 28.2. The van der Waals surface area contributed by atoms with Gasteiger partial charge in [0, 0.05) is 42.9 Å². The molecule has 1 aromatic heterocycles. The molecular weight excluding hydrogens is 486 g/mol. The number of primary amides is 1. The molecule has 0 saturated heterocycles. The smallest absolute Gasteiger partial charge is 0.254 e. The Morgan fingerprint density at radius 1 is 0.949 bits per heavy atom. The zero-order valence-electron chi connectivity index (χ0n) is 22.2. The van der Waals surface area contributed by atoms with Crippen molar-refractivity contribution in [2.45, 2.75) is 38.4 Å². The fraction of sp³-hybridized carbons (Fsp3) is 0.219. The second-order valence-electron chi connectivity index (χ2n) is 9.80. The van der Waals surface area contributed by atoms with E-state index in [0.29, 0.717) is 30.9 Å². The summed E-state index contributed by atoms with van der Waals surface area (Å²) in [7, 11) is 0. The number of hydrogen-bond acceptors (Lipinski definition) is 4.